The third-order valence-corrected chi connectivity index (χ3v) is 18.4. The molecule has 0 bridgehead atoms. The Labute approximate surface area is 401 Å². The van der Waals surface area contributed by atoms with Crippen LogP contribution in [0.4, 0.5) is 15.8 Å². The van der Waals surface area contributed by atoms with Crippen molar-refractivity contribution in [1.29, 1.82) is 0 Å². The summed E-state index contributed by atoms with van der Waals surface area (Å²) >= 11 is 0. The fraction of sp³-hybridized carbons (Fsp3) is 0.442. The second-order valence-electron chi connectivity index (χ2n) is 19.9. The highest BCUT2D eigenvalue weighted by molar-refractivity contribution is 7.71. The van der Waals surface area contributed by atoms with Crippen LogP contribution in [0.2, 0.25) is 0 Å². The smallest absolute Gasteiger partial charge is 0.398 e. The largest absolute Gasteiger partial charge is 0.438 e. The number of amides is 1. The van der Waals surface area contributed by atoms with Crippen molar-refractivity contribution in [3.63, 3.8) is 0 Å². The number of carbonyl (C=O) groups excluding carboxylic acids is 1. The van der Waals surface area contributed by atoms with Crippen LogP contribution in [-0.2, 0) is 25.9 Å². The van der Waals surface area contributed by atoms with Crippen LogP contribution in [0.25, 0.3) is 23.3 Å². The Kier molecular flexibility index (Phi) is 12.4. The van der Waals surface area contributed by atoms with Gasteiger partial charge in [-0.3, -0.25) is 23.4 Å². The molecule has 3 aliphatic rings. The monoisotopic (exact) mass is 959 g/mol. The molecule has 2 aliphatic heterocycles. The molecule has 0 radical (unpaired) electrons. The number of nitrogen functional groups attached to an aromatic ring is 1. The number of carbonyl (C=O) groups is 1. The van der Waals surface area contributed by atoms with Crippen LogP contribution < -0.4 is 27.8 Å². The first-order valence-electron chi connectivity index (χ1n) is 24.0. The van der Waals surface area contributed by atoms with Crippen LogP contribution in [0, 0.1) is 25.6 Å². The number of H-pyrrole nitrogens is 1. The van der Waals surface area contributed by atoms with Gasteiger partial charge in [-0.25, -0.2) is 18.7 Å². The average Bonchev–Trinajstić information content (AvgIpc) is 3.66. The number of hydrogen-bond donors (Lipinski definition) is 3. The van der Waals surface area contributed by atoms with Crippen molar-refractivity contribution >= 4 is 35.8 Å². The van der Waals surface area contributed by atoms with Gasteiger partial charge < -0.3 is 25.3 Å². The summed E-state index contributed by atoms with van der Waals surface area (Å²) in [5.74, 6) is -0.0782. The first-order chi connectivity index (χ1) is 32.8. The zero-order chi connectivity index (χ0) is 49.3. The molecule has 4 N–H and O–H groups in total. The Morgan fingerprint density at radius 2 is 1.72 bits per heavy atom. The lowest BCUT2D eigenvalue weighted by Gasteiger charge is -2.36. The predicted molar refractivity (Wildman–Crippen MR) is 268 cm³/mol. The average molecular weight is 960 g/mol. The lowest BCUT2D eigenvalue weighted by molar-refractivity contribution is -0.129. The summed E-state index contributed by atoms with van der Waals surface area (Å²) in [7, 11) is -0.886. The molecule has 0 unspecified atom stereocenters. The second kappa shape index (κ2) is 17.9. The SMILES string of the molecule is CCP(=O)(CC)c1ccc(-n2ccn(-c3c4c(nn3-c3cc(C)c(F)c(C)c3)CCN(C(=O)/C(=C/c3cc([C@@H]5CCOC(C)(C)C5)ccc3N)C[C@@]3(c5noc(=O)[nH]5)C[C@@H]3C)[C@H]4C)c2=O)cc1NC. The van der Waals surface area contributed by atoms with Crippen molar-refractivity contribution < 1.29 is 23.0 Å². The van der Waals surface area contributed by atoms with Crippen molar-refractivity contribution in [1.82, 2.24) is 34.0 Å². The normalized spacial score (nSPS) is 21.3. The van der Waals surface area contributed by atoms with Crippen molar-refractivity contribution in [2.75, 3.05) is 43.6 Å². The first-order valence-corrected chi connectivity index (χ1v) is 26.1. The van der Waals surface area contributed by atoms with Gasteiger partial charge in [0.1, 0.15) is 18.8 Å². The van der Waals surface area contributed by atoms with Gasteiger partial charge in [-0.05, 0) is 143 Å². The van der Waals surface area contributed by atoms with Crippen molar-refractivity contribution in [2.24, 2.45) is 5.92 Å². The fourth-order valence-corrected chi connectivity index (χ4v) is 13.0. The molecule has 1 saturated carbocycles. The summed E-state index contributed by atoms with van der Waals surface area (Å²) in [5.41, 5.74) is 12.3. The lowest BCUT2D eigenvalue weighted by Crippen LogP contribution is -2.40. The van der Waals surface area contributed by atoms with E-state index in [0.717, 1.165) is 23.7 Å². The van der Waals surface area contributed by atoms with Crippen LogP contribution in [-0.4, -0.2) is 78.0 Å². The molecule has 6 aromatic rings. The number of aromatic nitrogens is 6. The lowest BCUT2D eigenvalue weighted by atomic mass is 9.82. The minimum absolute atomic E-state index is 0.0829. The number of benzene rings is 3. The van der Waals surface area contributed by atoms with Crippen molar-refractivity contribution in [2.45, 2.75) is 110 Å². The van der Waals surface area contributed by atoms with Crippen molar-refractivity contribution in [3.05, 3.63) is 133 Å². The van der Waals surface area contributed by atoms with Gasteiger partial charge in [0, 0.05) is 84.6 Å². The summed E-state index contributed by atoms with van der Waals surface area (Å²) < 4.78 is 44.9. The van der Waals surface area contributed by atoms with Gasteiger partial charge in [0.05, 0.1) is 28.7 Å². The maximum Gasteiger partial charge on any atom is 0.438 e. The van der Waals surface area contributed by atoms with E-state index in [1.807, 2.05) is 56.0 Å². The molecule has 0 spiro atoms. The maximum absolute atomic E-state index is 15.6. The van der Waals surface area contributed by atoms with E-state index < -0.39 is 30.0 Å². The van der Waals surface area contributed by atoms with Gasteiger partial charge in [-0.2, -0.15) is 5.10 Å². The quantitative estimate of drug-likeness (QED) is 0.0576. The van der Waals surface area contributed by atoms with Gasteiger partial charge >= 0.3 is 11.4 Å². The molecule has 69 heavy (non-hydrogen) atoms. The fourth-order valence-electron chi connectivity index (χ4n) is 10.9. The van der Waals surface area contributed by atoms with Crippen LogP contribution >= 0.6 is 7.14 Å². The zero-order valence-corrected chi connectivity index (χ0v) is 41.9. The van der Waals surface area contributed by atoms with Crippen molar-refractivity contribution in [3.8, 4) is 17.2 Å². The third kappa shape index (κ3) is 8.53. The number of nitrogens with zero attached hydrogens (tertiary/aromatic N) is 6. The van der Waals surface area contributed by atoms with Crippen LogP contribution in [0.3, 0.4) is 0 Å². The van der Waals surface area contributed by atoms with E-state index in [0.29, 0.717) is 106 Å². The molecular formula is C52H63FN9O6P. The molecule has 1 aliphatic carbocycles. The van der Waals surface area contributed by atoms with E-state index in [4.69, 9.17) is 20.1 Å². The highest BCUT2D eigenvalue weighted by Crippen LogP contribution is 2.57. The molecule has 2 fully saturated rings. The highest BCUT2D eigenvalue weighted by Gasteiger charge is 2.56. The number of nitrogens with two attached hydrogens (primary N) is 1. The standard InChI is InChI=1S/C52H63FN9O6P/c1-10-69(66,11-2)43-15-13-38(26-42(43)55-9)60-19-20-61(50(60)65)46-44-33(6)59(18-16-41(44)57-62(46)39-22-30(3)45(53)31(4)23-39)47(63)37(29-52(27-32(52)5)48-56-49(64)68-58-48)25-36-24-34(12-14-40(36)54)35-17-21-67-51(7,8)28-35/h12-15,19-20,22-26,32-33,35,55H,10-11,16-18,21,27-29,54H2,1-9H3,(H,56,58,64)/b37-25+/t32-,33-,35+,52-/m0/s1. The number of aromatic amines is 1. The summed E-state index contributed by atoms with van der Waals surface area (Å²) in [5, 5.41) is 13.2. The number of aryl methyl sites for hydroxylation is 2. The Bertz CT molecular complexity index is 3160. The molecule has 1 amide bonds. The Morgan fingerprint density at radius 1 is 1.01 bits per heavy atom. The number of rotatable bonds is 13. The Hall–Kier alpha value is -6.25. The second-order valence-corrected chi connectivity index (χ2v) is 23.5. The molecule has 364 valence electrons. The van der Waals surface area contributed by atoms with E-state index in [1.165, 1.54) is 9.13 Å². The molecular weight excluding hydrogens is 897 g/mol. The van der Waals surface area contributed by atoms with Crippen LogP contribution in [0.1, 0.15) is 119 Å². The minimum atomic E-state index is -2.66. The summed E-state index contributed by atoms with van der Waals surface area (Å²) in [6, 6.07) is 14.3. The van der Waals surface area contributed by atoms with Crippen LogP contribution in [0.15, 0.2) is 80.6 Å². The van der Waals surface area contributed by atoms with Gasteiger partial charge in [0.2, 0.25) is 5.91 Å². The summed E-state index contributed by atoms with van der Waals surface area (Å²) in [6.07, 6.45) is 9.27. The summed E-state index contributed by atoms with van der Waals surface area (Å²) in [4.78, 5) is 47.4. The number of anilines is 2. The minimum Gasteiger partial charge on any atom is -0.398 e. The number of nitrogens with one attached hydrogen (secondary N) is 2. The Balaban J connectivity index is 1.16. The topological polar surface area (TPSA) is 188 Å². The molecule has 3 aromatic heterocycles. The Morgan fingerprint density at radius 3 is 2.36 bits per heavy atom. The third-order valence-electron chi connectivity index (χ3n) is 15.1. The summed E-state index contributed by atoms with van der Waals surface area (Å²) in [6.45, 7) is 16.4. The van der Waals surface area contributed by atoms with E-state index in [9.17, 15) is 14.2 Å². The molecule has 15 nitrogen and oxygen atoms in total. The van der Waals surface area contributed by atoms with E-state index in [-0.39, 0.29) is 35.6 Å². The first kappa shape index (κ1) is 47.8. The van der Waals surface area contributed by atoms with Crippen LogP contribution in [0.5, 0.6) is 0 Å². The maximum atomic E-state index is 15.6. The molecule has 5 heterocycles. The molecule has 3 aromatic carbocycles. The van der Waals surface area contributed by atoms with Gasteiger partial charge in [-0.15, -0.1) is 0 Å². The van der Waals surface area contributed by atoms with E-state index >= 15 is 9.18 Å². The highest BCUT2D eigenvalue weighted by atomic mass is 31.2. The number of imidazole rings is 1. The number of ether oxygens (including phenoxy) is 1. The van der Waals surface area contributed by atoms with Gasteiger partial charge in [0.25, 0.3) is 0 Å². The van der Waals surface area contributed by atoms with E-state index in [1.54, 1.807) is 50.1 Å². The molecule has 9 rings (SSSR count). The zero-order valence-electron chi connectivity index (χ0n) is 41.0. The number of hydrogen-bond acceptors (Lipinski definition) is 10. The molecule has 1 saturated heterocycles. The van der Waals surface area contributed by atoms with Gasteiger partial charge in [-0.1, -0.05) is 32.0 Å². The number of fused-ring (bicyclic) bond motifs is 1. The van der Waals surface area contributed by atoms with Gasteiger partial charge in [0.15, 0.2) is 5.82 Å². The predicted octanol–water partition coefficient (Wildman–Crippen LogP) is 8.47. The molecule has 17 heteroatoms. The number of halogens is 1. The van der Waals surface area contributed by atoms with E-state index in [2.05, 4.69) is 48.4 Å². The molecule has 4 atom stereocenters.